The van der Waals surface area contributed by atoms with Crippen LogP contribution < -0.4 is 0 Å². The molecule has 1 N–H and O–H groups in total. The number of rotatable bonds is 10. The van der Waals surface area contributed by atoms with Crippen LogP contribution in [0.5, 0.6) is 0 Å². The quantitative estimate of drug-likeness (QED) is 0.660. The van der Waals surface area contributed by atoms with E-state index < -0.39 is 16.0 Å². The van der Waals surface area contributed by atoms with Crippen molar-refractivity contribution in [3.05, 3.63) is 24.0 Å². The van der Waals surface area contributed by atoms with Gasteiger partial charge in [0.15, 0.2) is 0 Å². The number of aromatic nitrogens is 2. The highest BCUT2D eigenvalue weighted by Gasteiger charge is 2.20. The van der Waals surface area contributed by atoms with Gasteiger partial charge in [-0.2, -0.15) is 0 Å². The third-order valence-electron chi connectivity index (χ3n) is 4.29. The Hall–Kier alpha value is -1.97. The third kappa shape index (κ3) is 4.85. The zero-order valence-electron chi connectivity index (χ0n) is 16.3. The second-order valence-corrected chi connectivity index (χ2v) is 8.87. The van der Waals surface area contributed by atoms with Crippen molar-refractivity contribution in [1.29, 1.82) is 0 Å². The Morgan fingerprint density at radius 3 is 2.48 bits per heavy atom. The molecular weight excluding hydrogens is 368 g/mol. The molecular formula is C18H28N4O4S. The maximum absolute atomic E-state index is 12.4. The maximum Gasteiger partial charge on any atom is 0.317 e. The third-order valence-corrected chi connectivity index (χ3v) is 6.10. The van der Waals surface area contributed by atoms with Gasteiger partial charge in [-0.15, -0.1) is 0 Å². The molecule has 0 aliphatic heterocycles. The Balaban J connectivity index is 2.49. The van der Waals surface area contributed by atoms with Crippen molar-refractivity contribution in [2.45, 2.75) is 44.7 Å². The smallest absolute Gasteiger partial charge is 0.317 e. The monoisotopic (exact) mass is 396 g/mol. The standard InChI is InChI=1S/C18H28N4O4S/c1-5-9-21(13-18(23)24)12-17-19-15-11-14(27(25,26)20(3)4)7-8-16(15)22(17)10-6-2/h7-8,11H,5-6,9-10,12-13H2,1-4H3,(H,23,24). The Morgan fingerprint density at radius 1 is 1.22 bits per heavy atom. The number of hydrogen-bond acceptors (Lipinski definition) is 5. The highest BCUT2D eigenvalue weighted by molar-refractivity contribution is 7.89. The maximum atomic E-state index is 12.4. The van der Waals surface area contributed by atoms with Crippen molar-refractivity contribution in [3.63, 3.8) is 0 Å². The molecule has 0 saturated heterocycles. The van der Waals surface area contributed by atoms with Gasteiger partial charge >= 0.3 is 5.97 Å². The summed E-state index contributed by atoms with van der Waals surface area (Å²) in [4.78, 5) is 17.8. The van der Waals surface area contributed by atoms with E-state index in [9.17, 15) is 13.2 Å². The molecule has 1 heterocycles. The summed E-state index contributed by atoms with van der Waals surface area (Å²) in [7, 11) is -0.545. The van der Waals surface area contributed by atoms with Crippen molar-refractivity contribution in [3.8, 4) is 0 Å². The lowest BCUT2D eigenvalue weighted by Crippen LogP contribution is -2.31. The highest BCUT2D eigenvalue weighted by atomic mass is 32.2. The van der Waals surface area contributed by atoms with Crippen LogP contribution in [0, 0.1) is 0 Å². The molecule has 0 spiro atoms. The number of hydrogen-bond donors (Lipinski definition) is 1. The summed E-state index contributed by atoms with van der Waals surface area (Å²) in [5.41, 5.74) is 1.46. The van der Waals surface area contributed by atoms with Crippen molar-refractivity contribution in [1.82, 2.24) is 18.8 Å². The van der Waals surface area contributed by atoms with Gasteiger partial charge in [-0.3, -0.25) is 9.69 Å². The average Bonchev–Trinajstić information content (AvgIpc) is 2.91. The molecule has 8 nitrogen and oxygen atoms in total. The van der Waals surface area contributed by atoms with E-state index in [2.05, 4.69) is 11.9 Å². The molecule has 1 aromatic carbocycles. The minimum atomic E-state index is -3.54. The Morgan fingerprint density at radius 2 is 1.93 bits per heavy atom. The first-order valence-corrected chi connectivity index (χ1v) is 10.5. The van der Waals surface area contributed by atoms with E-state index in [1.165, 1.54) is 18.4 Å². The van der Waals surface area contributed by atoms with Crippen LogP contribution in [0.4, 0.5) is 0 Å². The molecule has 0 aliphatic carbocycles. The lowest BCUT2D eigenvalue weighted by molar-refractivity contribution is -0.138. The first-order valence-electron chi connectivity index (χ1n) is 9.06. The summed E-state index contributed by atoms with van der Waals surface area (Å²) in [5.74, 6) is -0.123. The van der Waals surface area contributed by atoms with E-state index in [1.54, 1.807) is 18.2 Å². The van der Waals surface area contributed by atoms with Gasteiger partial charge in [-0.1, -0.05) is 13.8 Å². The molecule has 0 fully saturated rings. The van der Waals surface area contributed by atoms with Gasteiger partial charge in [-0.25, -0.2) is 17.7 Å². The molecule has 2 rings (SSSR count). The molecule has 0 saturated carbocycles. The molecule has 2 aromatic rings. The van der Waals surface area contributed by atoms with Crippen LogP contribution >= 0.6 is 0 Å². The van der Waals surface area contributed by atoms with Crippen LogP contribution in [0.3, 0.4) is 0 Å². The number of fused-ring (bicyclic) bond motifs is 1. The summed E-state index contributed by atoms with van der Waals surface area (Å²) in [5, 5.41) is 9.14. The number of nitrogens with zero attached hydrogens (tertiary/aromatic N) is 4. The fourth-order valence-corrected chi connectivity index (χ4v) is 3.97. The van der Waals surface area contributed by atoms with Gasteiger partial charge in [0, 0.05) is 20.6 Å². The van der Waals surface area contributed by atoms with Gasteiger partial charge in [0.25, 0.3) is 0 Å². The Bertz CT molecular complexity index is 905. The van der Waals surface area contributed by atoms with E-state index in [4.69, 9.17) is 5.11 Å². The number of aliphatic carboxylic acids is 1. The molecule has 0 atom stereocenters. The number of aryl methyl sites for hydroxylation is 1. The first kappa shape index (κ1) is 21.3. The first-order chi connectivity index (χ1) is 12.7. The number of carbonyl (C=O) groups is 1. The van der Waals surface area contributed by atoms with Crippen molar-refractivity contribution in [2.75, 3.05) is 27.2 Å². The van der Waals surface area contributed by atoms with Crippen molar-refractivity contribution in [2.24, 2.45) is 0 Å². The SMILES string of the molecule is CCCN(CC(=O)O)Cc1nc2cc(S(=O)(=O)N(C)C)ccc2n1CCC. The molecule has 0 amide bonds. The van der Waals surface area contributed by atoms with Crippen LogP contribution in [-0.2, 0) is 27.9 Å². The summed E-state index contributed by atoms with van der Waals surface area (Å²) >= 11 is 0. The van der Waals surface area contributed by atoms with Crippen molar-refractivity contribution < 1.29 is 18.3 Å². The zero-order valence-corrected chi connectivity index (χ0v) is 17.2. The number of sulfonamides is 1. The largest absolute Gasteiger partial charge is 0.480 e. The number of carboxylic acids is 1. The Kier molecular flexibility index (Phi) is 6.96. The topological polar surface area (TPSA) is 95.7 Å². The zero-order chi connectivity index (χ0) is 20.2. The summed E-state index contributed by atoms with van der Waals surface area (Å²) in [6.45, 7) is 5.80. The number of benzene rings is 1. The van der Waals surface area contributed by atoms with E-state index in [0.717, 1.165) is 30.7 Å². The Labute approximate surface area is 160 Å². The predicted molar refractivity (Wildman–Crippen MR) is 104 cm³/mol. The molecule has 27 heavy (non-hydrogen) atoms. The lowest BCUT2D eigenvalue weighted by atomic mass is 10.3. The predicted octanol–water partition coefficient (Wildman–Crippen LogP) is 1.99. The molecule has 9 heteroatoms. The summed E-state index contributed by atoms with van der Waals surface area (Å²) in [6.07, 6.45) is 1.73. The van der Waals surface area contributed by atoms with Crippen LogP contribution in [0.1, 0.15) is 32.5 Å². The van der Waals surface area contributed by atoms with Gasteiger partial charge in [0.05, 0.1) is 29.0 Å². The minimum Gasteiger partial charge on any atom is -0.480 e. The van der Waals surface area contributed by atoms with Crippen LogP contribution in [-0.4, -0.2) is 65.4 Å². The van der Waals surface area contributed by atoms with Crippen LogP contribution in [0.15, 0.2) is 23.1 Å². The second-order valence-electron chi connectivity index (χ2n) is 6.72. The van der Waals surface area contributed by atoms with Crippen LogP contribution in [0.2, 0.25) is 0 Å². The lowest BCUT2D eigenvalue weighted by Gasteiger charge is -2.19. The summed E-state index contributed by atoms with van der Waals surface area (Å²) in [6, 6.07) is 4.96. The molecule has 0 bridgehead atoms. The molecule has 0 unspecified atom stereocenters. The fraction of sp³-hybridized carbons (Fsp3) is 0.556. The molecule has 0 radical (unpaired) electrons. The van der Waals surface area contributed by atoms with Gasteiger partial charge in [0.2, 0.25) is 10.0 Å². The van der Waals surface area contributed by atoms with E-state index in [0.29, 0.717) is 18.6 Å². The molecule has 0 aliphatic rings. The average molecular weight is 397 g/mol. The molecule has 1 aromatic heterocycles. The second kappa shape index (κ2) is 8.81. The summed E-state index contributed by atoms with van der Waals surface area (Å²) < 4.78 is 28.0. The van der Waals surface area contributed by atoms with Gasteiger partial charge < -0.3 is 9.67 Å². The highest BCUT2D eigenvalue weighted by Crippen LogP contribution is 2.23. The van der Waals surface area contributed by atoms with Gasteiger partial charge in [0.1, 0.15) is 5.82 Å². The fourth-order valence-electron chi connectivity index (χ4n) is 3.05. The number of carboxylic acid groups (broad SMARTS) is 1. The normalized spacial score (nSPS) is 12.4. The van der Waals surface area contributed by atoms with E-state index >= 15 is 0 Å². The van der Waals surface area contributed by atoms with Crippen molar-refractivity contribution >= 4 is 27.0 Å². The van der Waals surface area contributed by atoms with Crippen LogP contribution in [0.25, 0.3) is 11.0 Å². The van der Waals surface area contributed by atoms with E-state index in [1.807, 2.05) is 16.4 Å². The molecule has 150 valence electrons. The minimum absolute atomic E-state index is 0.0522. The van der Waals surface area contributed by atoms with Gasteiger partial charge in [-0.05, 0) is 37.6 Å². The van der Waals surface area contributed by atoms with E-state index in [-0.39, 0.29) is 11.4 Å². The number of imidazole rings is 1.